The van der Waals surface area contributed by atoms with Crippen molar-refractivity contribution in [3.63, 3.8) is 0 Å². The lowest BCUT2D eigenvalue weighted by Crippen LogP contribution is -2.63. The van der Waals surface area contributed by atoms with Crippen LogP contribution in [0.3, 0.4) is 0 Å². The Bertz CT molecular complexity index is 1760. The minimum atomic E-state index is -0.982. The molecule has 366 valence electrons. The van der Waals surface area contributed by atoms with Crippen LogP contribution in [-0.2, 0) is 33.3 Å². The van der Waals surface area contributed by atoms with Gasteiger partial charge in [-0.1, -0.05) is 68.2 Å². The van der Waals surface area contributed by atoms with E-state index in [1.807, 2.05) is 27.7 Å². The van der Waals surface area contributed by atoms with Gasteiger partial charge in [0.25, 0.3) is 0 Å². The number of alkyl carbamates (subject to hydrolysis) is 2. The maximum atomic E-state index is 14.8. The van der Waals surface area contributed by atoms with Gasteiger partial charge in [0.1, 0.15) is 35.5 Å². The molecule has 2 spiro atoms. The van der Waals surface area contributed by atoms with Gasteiger partial charge in [-0.2, -0.15) is 0 Å². The summed E-state index contributed by atoms with van der Waals surface area (Å²) in [6.45, 7) is 31.1. The normalized spacial score (nSPS) is 39.6. The fourth-order valence-corrected chi connectivity index (χ4v) is 14.5. The van der Waals surface area contributed by atoms with Crippen LogP contribution >= 0.6 is 0 Å². The number of fused-ring (bicyclic) bond motifs is 2. The van der Waals surface area contributed by atoms with E-state index in [0.29, 0.717) is 32.1 Å². The fraction of sp³-hybridized carbons (Fsp3) is 0.922. The van der Waals surface area contributed by atoms with Gasteiger partial charge in [0.2, 0.25) is 0 Å². The van der Waals surface area contributed by atoms with Crippen LogP contribution in [0.15, 0.2) is 0 Å². The molecule has 5 aliphatic carbocycles. The molecular weight excluding hydrogens is 817 g/mol. The van der Waals surface area contributed by atoms with Crippen LogP contribution in [0.25, 0.3) is 0 Å². The summed E-state index contributed by atoms with van der Waals surface area (Å²) >= 11 is 0. The van der Waals surface area contributed by atoms with E-state index >= 15 is 0 Å². The molecule has 64 heavy (non-hydrogen) atoms. The molecule has 6 rings (SSSR count). The number of hydrogen-bond acceptors (Lipinski definition) is 11. The number of ether oxygens (including phenoxy) is 5. The van der Waals surface area contributed by atoms with Crippen molar-refractivity contribution < 1.29 is 53.1 Å². The molecule has 0 aromatic heterocycles. The van der Waals surface area contributed by atoms with Gasteiger partial charge in [-0.25, -0.2) is 19.2 Å². The van der Waals surface area contributed by atoms with Gasteiger partial charge < -0.3 is 44.5 Å². The average molecular weight is 903 g/mol. The molecule has 13 heteroatoms. The summed E-state index contributed by atoms with van der Waals surface area (Å²) < 4.78 is 31.3. The number of nitrogens with one attached hydrogen (secondary N) is 2. The maximum Gasteiger partial charge on any atom is 0.408 e. The van der Waals surface area contributed by atoms with Crippen LogP contribution in [0.2, 0.25) is 0 Å². The van der Waals surface area contributed by atoms with Gasteiger partial charge in [-0.3, -0.25) is 0 Å². The van der Waals surface area contributed by atoms with Crippen molar-refractivity contribution in [2.24, 2.45) is 56.7 Å². The van der Waals surface area contributed by atoms with Gasteiger partial charge in [-0.15, -0.1) is 0 Å². The molecule has 13 nitrogen and oxygen atoms in total. The van der Waals surface area contributed by atoms with Crippen LogP contribution in [0.5, 0.6) is 0 Å². The zero-order chi connectivity index (χ0) is 48.0. The van der Waals surface area contributed by atoms with E-state index in [9.17, 15) is 29.4 Å². The molecule has 6 aliphatic rings. The number of hydrogen-bond donors (Lipinski definition) is 4. The second-order valence-corrected chi connectivity index (χ2v) is 25.1. The molecule has 5 saturated carbocycles. The topological polar surface area (TPSA) is 179 Å². The molecule has 4 N–H and O–H groups in total. The first-order valence-electron chi connectivity index (χ1n) is 24.8. The average Bonchev–Trinajstić information content (AvgIpc) is 3.41. The molecule has 0 aromatic rings. The third-order valence-electron chi connectivity index (χ3n) is 18.1. The molecule has 16 atom stereocenters. The summed E-state index contributed by atoms with van der Waals surface area (Å²) in [6.07, 6.45) is 4.67. The molecule has 2 amide bonds. The Balaban J connectivity index is 1.36. The van der Waals surface area contributed by atoms with Gasteiger partial charge in [0.05, 0.1) is 23.9 Å². The second-order valence-electron chi connectivity index (χ2n) is 25.1. The SMILES string of the molecule is CCC(C)[C@H](NC(=O)OC(C)(C)C)C(=O)O[C@H]1CC2C3(CC[C@]4(C)[C@@H](C5CC[C@@H](C(C)(C)O)O5)[C@@H](O)C[C@@]24C)C[C@@]32CC[C@H](OC(=O)[C@@H](NC(=O)OC(C)(C)C)C(C)CC)C(C)(C)[C@H]12. The molecular formula is C51H86N2O11. The number of carbonyl (C=O) groups excluding carboxylic acids is 4. The van der Waals surface area contributed by atoms with Crippen LogP contribution in [0.4, 0.5) is 9.59 Å². The predicted octanol–water partition coefficient (Wildman–Crippen LogP) is 9.03. The summed E-state index contributed by atoms with van der Waals surface area (Å²) in [5, 5.41) is 28.8. The van der Waals surface area contributed by atoms with Crippen LogP contribution in [-0.4, -0.2) is 93.7 Å². The predicted molar refractivity (Wildman–Crippen MR) is 243 cm³/mol. The van der Waals surface area contributed by atoms with Crippen LogP contribution in [0.1, 0.15) is 181 Å². The Kier molecular flexibility index (Phi) is 13.6. The number of rotatable bonds is 12. The number of aliphatic hydroxyl groups excluding tert-OH is 1. The number of carbonyl (C=O) groups is 4. The van der Waals surface area contributed by atoms with E-state index in [1.54, 1.807) is 55.4 Å². The zero-order valence-corrected chi connectivity index (χ0v) is 42.3. The zero-order valence-electron chi connectivity index (χ0n) is 42.3. The van der Waals surface area contributed by atoms with Gasteiger partial charge in [-0.05, 0) is 153 Å². The van der Waals surface area contributed by atoms with Crippen molar-refractivity contribution >= 4 is 24.1 Å². The summed E-state index contributed by atoms with van der Waals surface area (Å²) in [6, 6.07) is -1.87. The Morgan fingerprint density at radius 2 is 1.27 bits per heavy atom. The van der Waals surface area contributed by atoms with E-state index < -0.39 is 76.7 Å². The van der Waals surface area contributed by atoms with E-state index in [1.165, 1.54) is 0 Å². The van der Waals surface area contributed by atoms with Gasteiger partial charge in [0, 0.05) is 17.3 Å². The monoisotopic (exact) mass is 903 g/mol. The standard InChI is InChI=1S/C51H86N2O11/c1-17-28(3)37(52-42(57)63-44(5,6)7)40(55)61-32-25-33-49(16)26-30(54)36(31-19-20-35(60-31)47(13,14)59)48(49,15)23-24-50(33)27-51(50)22-21-34(46(11,12)39(32)51)62-41(56)38(29(4)18-2)53-43(58)64-45(8,9)10/h28-39,54,59H,17-27H2,1-16H3,(H,52,57)(H,53,58)/t28?,29?,30-,31?,32-,33?,34-,35-,36+,37-,38-,39-,48+,49-,50?,51+/m0/s1. The quantitative estimate of drug-likeness (QED) is 0.109. The lowest BCUT2D eigenvalue weighted by atomic mass is 9.41. The van der Waals surface area contributed by atoms with Crippen LogP contribution < -0.4 is 10.6 Å². The molecule has 0 bridgehead atoms. The molecule has 1 aliphatic heterocycles. The van der Waals surface area contributed by atoms with E-state index in [-0.39, 0.29) is 63.5 Å². The highest BCUT2D eigenvalue weighted by Crippen LogP contribution is 2.89. The lowest BCUT2D eigenvalue weighted by molar-refractivity contribution is -0.221. The number of amides is 2. The Morgan fingerprint density at radius 1 is 0.734 bits per heavy atom. The van der Waals surface area contributed by atoms with Crippen molar-refractivity contribution in [1.29, 1.82) is 0 Å². The van der Waals surface area contributed by atoms with Crippen molar-refractivity contribution in [2.45, 2.75) is 241 Å². The Hall–Kier alpha value is -2.64. The first-order chi connectivity index (χ1) is 29.3. The molecule has 5 unspecified atom stereocenters. The number of esters is 2. The highest BCUT2D eigenvalue weighted by molar-refractivity contribution is 5.82. The van der Waals surface area contributed by atoms with E-state index in [4.69, 9.17) is 23.7 Å². The lowest BCUT2D eigenvalue weighted by Gasteiger charge is -2.64. The van der Waals surface area contributed by atoms with Gasteiger partial charge >= 0.3 is 24.1 Å². The van der Waals surface area contributed by atoms with E-state index in [0.717, 1.165) is 38.5 Å². The maximum absolute atomic E-state index is 14.8. The molecule has 1 heterocycles. The first kappa shape index (κ1) is 50.8. The number of aliphatic hydroxyl groups is 2. The highest BCUT2D eigenvalue weighted by atomic mass is 16.6. The third-order valence-corrected chi connectivity index (χ3v) is 18.1. The largest absolute Gasteiger partial charge is 0.460 e. The van der Waals surface area contributed by atoms with Crippen molar-refractivity contribution in [3.05, 3.63) is 0 Å². The second kappa shape index (κ2) is 17.2. The van der Waals surface area contributed by atoms with Gasteiger partial charge in [0.15, 0.2) is 0 Å². The van der Waals surface area contributed by atoms with E-state index in [2.05, 4.69) is 38.3 Å². The smallest absolute Gasteiger partial charge is 0.408 e. The molecule has 1 saturated heterocycles. The minimum absolute atomic E-state index is 0.0652. The summed E-state index contributed by atoms with van der Waals surface area (Å²) in [7, 11) is 0. The van der Waals surface area contributed by atoms with Crippen molar-refractivity contribution in [1.82, 2.24) is 10.6 Å². The minimum Gasteiger partial charge on any atom is -0.460 e. The Morgan fingerprint density at radius 3 is 1.75 bits per heavy atom. The summed E-state index contributed by atoms with van der Waals surface area (Å²) in [5.74, 6) is -1.67. The third kappa shape index (κ3) is 8.94. The van der Waals surface area contributed by atoms with Crippen molar-refractivity contribution in [3.8, 4) is 0 Å². The van der Waals surface area contributed by atoms with Crippen LogP contribution in [0, 0.1) is 56.7 Å². The molecule has 0 radical (unpaired) electrons. The molecule has 0 aromatic carbocycles. The highest BCUT2D eigenvalue weighted by Gasteiger charge is 2.85. The first-order valence-corrected chi connectivity index (χ1v) is 24.8. The fourth-order valence-electron chi connectivity index (χ4n) is 14.5. The summed E-state index contributed by atoms with van der Waals surface area (Å²) in [5.41, 5.74) is -4.03. The summed E-state index contributed by atoms with van der Waals surface area (Å²) in [4.78, 5) is 55.4. The van der Waals surface area contributed by atoms with Crippen molar-refractivity contribution in [2.75, 3.05) is 0 Å². The molecule has 6 fully saturated rings. The Labute approximate surface area is 384 Å².